The van der Waals surface area contributed by atoms with Crippen molar-refractivity contribution in [1.29, 1.82) is 0 Å². The van der Waals surface area contributed by atoms with E-state index in [9.17, 15) is 4.79 Å². The summed E-state index contributed by atoms with van der Waals surface area (Å²) >= 11 is 9.48. The van der Waals surface area contributed by atoms with Crippen LogP contribution < -0.4 is 10.1 Å². The van der Waals surface area contributed by atoms with Crippen molar-refractivity contribution in [2.45, 2.75) is 6.04 Å². The fourth-order valence-electron chi connectivity index (χ4n) is 2.47. The Bertz CT molecular complexity index is 722. The number of methoxy groups -OCH3 is 1. The number of likely N-dealkylation sites (N-methyl/N-ethyl adjacent to an activating group) is 1. The third-order valence-corrected chi connectivity index (χ3v) is 4.57. The number of hydrogen-bond acceptors (Lipinski definition) is 3. The number of halogens is 2. The summed E-state index contributed by atoms with van der Waals surface area (Å²) in [5, 5.41) is 3.38. The van der Waals surface area contributed by atoms with E-state index in [2.05, 4.69) is 21.2 Å². The van der Waals surface area contributed by atoms with Gasteiger partial charge in [-0.3, -0.25) is 4.79 Å². The monoisotopic (exact) mass is 410 g/mol. The first-order valence-corrected chi connectivity index (χ1v) is 8.63. The van der Waals surface area contributed by atoms with Crippen molar-refractivity contribution >= 4 is 33.4 Å². The molecule has 2 rings (SSSR count). The molecule has 6 heteroatoms. The predicted molar refractivity (Wildman–Crippen MR) is 101 cm³/mol. The second-order valence-corrected chi connectivity index (χ2v) is 6.88. The fourth-order valence-corrected chi connectivity index (χ4v) is 3.03. The molecule has 0 saturated carbocycles. The topological polar surface area (TPSA) is 41.6 Å². The minimum atomic E-state index is -0.206. The van der Waals surface area contributed by atoms with Crippen LogP contribution in [0.4, 0.5) is 0 Å². The molecule has 24 heavy (non-hydrogen) atoms. The first-order valence-electron chi connectivity index (χ1n) is 7.46. The molecule has 0 spiro atoms. The maximum Gasteiger partial charge on any atom is 0.252 e. The van der Waals surface area contributed by atoms with Crippen molar-refractivity contribution < 1.29 is 9.53 Å². The van der Waals surface area contributed by atoms with Crippen LogP contribution >= 0.6 is 27.5 Å². The van der Waals surface area contributed by atoms with E-state index in [1.54, 1.807) is 25.3 Å². The number of amides is 1. The Labute approximate surface area is 155 Å². The van der Waals surface area contributed by atoms with Gasteiger partial charge < -0.3 is 15.0 Å². The van der Waals surface area contributed by atoms with Crippen LogP contribution in [0.3, 0.4) is 0 Å². The third kappa shape index (κ3) is 4.50. The first kappa shape index (κ1) is 18.8. The van der Waals surface area contributed by atoms with Crippen LogP contribution in [-0.2, 0) is 0 Å². The molecule has 128 valence electrons. The van der Waals surface area contributed by atoms with Crippen molar-refractivity contribution in [3.05, 3.63) is 63.1 Å². The van der Waals surface area contributed by atoms with E-state index in [0.29, 0.717) is 17.1 Å². The van der Waals surface area contributed by atoms with Gasteiger partial charge in [-0.05, 0) is 38.4 Å². The average molecular weight is 412 g/mol. The molecule has 1 amide bonds. The molecule has 2 aromatic rings. The number of rotatable bonds is 6. The lowest BCUT2D eigenvalue weighted by atomic mass is 10.0. The predicted octanol–water partition coefficient (Wildman–Crippen LogP) is 4.14. The highest BCUT2D eigenvalue weighted by atomic mass is 79.9. The maximum atomic E-state index is 12.5. The van der Waals surface area contributed by atoms with Crippen LogP contribution in [0, 0.1) is 0 Å². The Morgan fingerprint density at radius 3 is 2.67 bits per heavy atom. The van der Waals surface area contributed by atoms with Crippen LogP contribution in [-0.4, -0.2) is 38.6 Å². The van der Waals surface area contributed by atoms with Gasteiger partial charge in [-0.15, -0.1) is 0 Å². The minimum absolute atomic E-state index is 0.0176. The first-order chi connectivity index (χ1) is 11.4. The Morgan fingerprint density at radius 1 is 1.29 bits per heavy atom. The average Bonchev–Trinajstić information content (AvgIpc) is 2.57. The molecule has 0 aliphatic heterocycles. The van der Waals surface area contributed by atoms with Crippen molar-refractivity contribution in [1.82, 2.24) is 10.2 Å². The van der Waals surface area contributed by atoms with Crippen molar-refractivity contribution in [3.63, 3.8) is 0 Å². The fraction of sp³-hybridized carbons (Fsp3) is 0.278. The molecule has 1 N–H and O–H groups in total. The summed E-state index contributed by atoms with van der Waals surface area (Å²) in [6, 6.07) is 13.0. The summed E-state index contributed by atoms with van der Waals surface area (Å²) in [6.45, 7) is 0.440. The number of carbonyl (C=O) groups is 1. The lowest BCUT2D eigenvalue weighted by molar-refractivity contribution is 0.0941. The number of nitrogens with one attached hydrogen (secondary N) is 1. The zero-order valence-electron chi connectivity index (χ0n) is 13.8. The second kappa shape index (κ2) is 8.51. The van der Waals surface area contributed by atoms with Crippen LogP contribution in [0.2, 0.25) is 5.02 Å². The lowest BCUT2D eigenvalue weighted by Gasteiger charge is -2.26. The van der Waals surface area contributed by atoms with Gasteiger partial charge in [0.25, 0.3) is 5.91 Å². The number of ether oxygens (including phenoxy) is 1. The highest BCUT2D eigenvalue weighted by Crippen LogP contribution is 2.27. The molecule has 0 fully saturated rings. The molecule has 0 heterocycles. The standard InChI is InChI=1S/C18H20BrClN2O2/c1-22(2)16(13-6-4-5-7-17(13)24-3)11-21-18(23)14-10-12(19)8-9-15(14)20/h4-10,16H,11H2,1-3H3,(H,21,23). The smallest absolute Gasteiger partial charge is 0.252 e. The molecule has 0 aliphatic rings. The molecule has 0 aromatic heterocycles. The second-order valence-electron chi connectivity index (χ2n) is 5.56. The van der Waals surface area contributed by atoms with Crippen LogP contribution in [0.15, 0.2) is 46.9 Å². The highest BCUT2D eigenvalue weighted by Gasteiger charge is 2.20. The van der Waals surface area contributed by atoms with Gasteiger partial charge in [0, 0.05) is 16.6 Å². The largest absolute Gasteiger partial charge is 0.496 e. The maximum absolute atomic E-state index is 12.5. The van der Waals surface area contributed by atoms with Crippen LogP contribution in [0.25, 0.3) is 0 Å². The zero-order valence-corrected chi connectivity index (χ0v) is 16.2. The number of nitrogens with zero attached hydrogens (tertiary/aromatic N) is 1. The van der Waals surface area contributed by atoms with Gasteiger partial charge in [0.15, 0.2) is 0 Å². The zero-order chi connectivity index (χ0) is 17.7. The molecule has 4 nitrogen and oxygen atoms in total. The summed E-state index contributed by atoms with van der Waals surface area (Å²) in [6.07, 6.45) is 0. The molecule has 0 radical (unpaired) electrons. The summed E-state index contributed by atoms with van der Waals surface area (Å²) < 4.78 is 6.25. The Morgan fingerprint density at radius 2 is 2.00 bits per heavy atom. The van der Waals surface area contributed by atoms with Gasteiger partial charge in [0.2, 0.25) is 0 Å². The van der Waals surface area contributed by atoms with Crippen molar-refractivity contribution in [3.8, 4) is 5.75 Å². The van der Waals surface area contributed by atoms with E-state index in [0.717, 1.165) is 15.8 Å². The van der Waals surface area contributed by atoms with Gasteiger partial charge in [-0.2, -0.15) is 0 Å². The van der Waals surface area contributed by atoms with Crippen LogP contribution in [0.1, 0.15) is 22.0 Å². The molecule has 1 atom stereocenters. The Balaban J connectivity index is 2.17. The molecule has 2 aromatic carbocycles. The summed E-state index contributed by atoms with van der Waals surface area (Å²) in [4.78, 5) is 14.5. The molecule has 1 unspecified atom stereocenters. The summed E-state index contributed by atoms with van der Waals surface area (Å²) in [5.41, 5.74) is 1.47. The number of hydrogen-bond donors (Lipinski definition) is 1. The summed E-state index contributed by atoms with van der Waals surface area (Å²) in [7, 11) is 5.58. The Kier molecular flexibility index (Phi) is 6.66. The highest BCUT2D eigenvalue weighted by molar-refractivity contribution is 9.10. The van der Waals surface area contributed by atoms with E-state index in [1.165, 1.54) is 0 Å². The third-order valence-electron chi connectivity index (χ3n) is 3.75. The SMILES string of the molecule is COc1ccccc1C(CNC(=O)c1cc(Br)ccc1Cl)N(C)C. The van der Waals surface area contributed by atoms with Gasteiger partial charge in [-0.25, -0.2) is 0 Å². The molecular formula is C18H20BrClN2O2. The quantitative estimate of drug-likeness (QED) is 0.776. The van der Waals surface area contributed by atoms with Crippen molar-refractivity contribution in [2.24, 2.45) is 0 Å². The molecule has 0 aliphatic carbocycles. The van der Waals surface area contributed by atoms with E-state index >= 15 is 0 Å². The van der Waals surface area contributed by atoms with E-state index in [1.807, 2.05) is 43.3 Å². The molecule has 0 bridgehead atoms. The van der Waals surface area contributed by atoms with E-state index in [-0.39, 0.29) is 11.9 Å². The van der Waals surface area contributed by atoms with Crippen LogP contribution in [0.5, 0.6) is 5.75 Å². The Hall–Kier alpha value is -1.56. The normalized spacial score (nSPS) is 12.1. The lowest BCUT2D eigenvalue weighted by Crippen LogP contribution is -2.34. The van der Waals surface area contributed by atoms with E-state index in [4.69, 9.17) is 16.3 Å². The van der Waals surface area contributed by atoms with Gasteiger partial charge in [-0.1, -0.05) is 45.7 Å². The molecule has 0 saturated heterocycles. The minimum Gasteiger partial charge on any atom is -0.496 e. The molecular weight excluding hydrogens is 392 g/mol. The van der Waals surface area contributed by atoms with Crippen molar-refractivity contribution in [2.75, 3.05) is 27.7 Å². The number of para-hydroxylation sites is 1. The number of benzene rings is 2. The summed E-state index contributed by atoms with van der Waals surface area (Å²) in [5.74, 6) is 0.592. The van der Waals surface area contributed by atoms with Gasteiger partial charge in [0.05, 0.1) is 23.7 Å². The van der Waals surface area contributed by atoms with E-state index < -0.39 is 0 Å². The number of carbonyl (C=O) groups excluding carboxylic acids is 1. The van der Waals surface area contributed by atoms with Gasteiger partial charge in [0.1, 0.15) is 5.75 Å². The van der Waals surface area contributed by atoms with Gasteiger partial charge >= 0.3 is 0 Å².